The number of carbonyl (C=O) groups excluding carboxylic acids is 2. The monoisotopic (exact) mass is 399 g/mol. The first-order chi connectivity index (χ1) is 13.0. The molecule has 27 heavy (non-hydrogen) atoms. The van der Waals surface area contributed by atoms with Gasteiger partial charge in [0.15, 0.2) is 17.0 Å². The number of hydroxylamine groups is 1. The molecule has 6 nitrogen and oxygen atoms in total. The zero-order chi connectivity index (χ0) is 19.8. The van der Waals surface area contributed by atoms with Gasteiger partial charge in [-0.3, -0.25) is 9.59 Å². The Morgan fingerprint density at radius 3 is 1.81 bits per heavy atom. The highest BCUT2D eigenvalue weighted by molar-refractivity contribution is 7.82. The number of benzene rings is 2. The number of hydrogen-bond acceptors (Lipinski definition) is 5. The number of hydrogen-bond donors (Lipinski definition) is 0. The van der Waals surface area contributed by atoms with E-state index in [-0.39, 0.29) is 15.6 Å². The lowest BCUT2D eigenvalue weighted by Crippen LogP contribution is -2.34. The average molecular weight is 399 g/mol. The zero-order valence-electron chi connectivity index (χ0n) is 13.5. The van der Waals surface area contributed by atoms with Crippen molar-refractivity contribution in [2.24, 2.45) is 0 Å². The van der Waals surface area contributed by atoms with E-state index >= 15 is 0 Å². The fourth-order valence-corrected chi connectivity index (χ4v) is 2.72. The van der Waals surface area contributed by atoms with E-state index in [9.17, 15) is 27.1 Å². The summed E-state index contributed by atoms with van der Waals surface area (Å²) in [5, 5.41) is 2.82. The molecule has 0 aromatic heterocycles. The minimum absolute atomic E-state index is 0.0179. The van der Waals surface area contributed by atoms with Crippen molar-refractivity contribution in [1.29, 1.82) is 0 Å². The topological polar surface area (TPSA) is 72.9 Å². The number of halogens is 3. The lowest BCUT2D eigenvalue weighted by atomic mass is 9.94. The molecule has 142 valence electrons. The molecular weight excluding hydrogens is 387 g/mol. The van der Waals surface area contributed by atoms with Gasteiger partial charge < -0.3 is 0 Å². The molecule has 0 aliphatic heterocycles. The molecule has 2 rings (SSSR count). The maximum Gasteiger partial charge on any atom is 0.333 e. The van der Waals surface area contributed by atoms with Gasteiger partial charge in [0, 0.05) is 5.09 Å². The van der Waals surface area contributed by atoms with Crippen molar-refractivity contribution in [3.63, 3.8) is 0 Å². The molecule has 0 N–H and O–H groups in total. The Morgan fingerprint density at radius 1 is 0.926 bits per heavy atom. The smallest absolute Gasteiger partial charge is 0.266 e. The lowest BCUT2D eigenvalue weighted by molar-refractivity contribution is -0.486. The molecule has 0 saturated heterocycles. The largest absolute Gasteiger partial charge is 0.333 e. The van der Waals surface area contributed by atoms with Gasteiger partial charge in [-0.25, -0.2) is 8.60 Å². The molecule has 0 aliphatic rings. The molecule has 2 aromatic carbocycles. The van der Waals surface area contributed by atoms with Crippen LogP contribution in [0.4, 0.5) is 13.3 Å². The van der Waals surface area contributed by atoms with Crippen LogP contribution in [0.3, 0.4) is 0 Å². The molecular formula is C17H12F3NO5S. The molecule has 10 heteroatoms. The average Bonchev–Trinajstić information content (AvgIpc) is 2.70. The minimum atomic E-state index is -2.81. The minimum Gasteiger partial charge on any atom is -0.266 e. The van der Waals surface area contributed by atoms with Crippen molar-refractivity contribution < 1.29 is 37.2 Å². The summed E-state index contributed by atoms with van der Waals surface area (Å²) in [5.74, 6) is -1.44. The maximum atomic E-state index is 13.9. The standard InChI is InChI=1S/C17H12F3NO5S/c18-11-27(24)21(26-25-20)17(23)15(13-9-5-2-6-10-13)14(16(19)22)12-7-3-1-4-8-12/h1-10H,11H2/b15-14-. The van der Waals surface area contributed by atoms with E-state index in [4.69, 9.17) is 0 Å². The number of rotatable bonds is 8. The summed E-state index contributed by atoms with van der Waals surface area (Å²) in [6.07, 6.45) is 0. The Balaban J connectivity index is 2.76. The number of carbonyl (C=O) groups is 2. The second-order valence-corrected chi connectivity index (χ2v) is 6.08. The molecule has 0 radical (unpaired) electrons. The van der Waals surface area contributed by atoms with Crippen LogP contribution in [0.5, 0.6) is 0 Å². The van der Waals surface area contributed by atoms with Gasteiger partial charge in [-0.15, -0.1) is 0 Å². The molecule has 0 fully saturated rings. The van der Waals surface area contributed by atoms with Gasteiger partial charge in [0.1, 0.15) is 0 Å². The molecule has 0 heterocycles. The Bertz CT molecular complexity index is 861. The van der Waals surface area contributed by atoms with E-state index in [0.29, 0.717) is 0 Å². The molecule has 1 amide bonds. The molecule has 1 atom stereocenters. The molecule has 0 aliphatic carbocycles. The van der Waals surface area contributed by atoms with E-state index in [0.717, 1.165) is 0 Å². The number of nitrogens with zero attached hydrogens (tertiary/aromatic N) is 1. The van der Waals surface area contributed by atoms with Crippen LogP contribution >= 0.6 is 0 Å². The Morgan fingerprint density at radius 2 is 1.41 bits per heavy atom. The van der Waals surface area contributed by atoms with Crippen LogP contribution in [0, 0.1) is 0 Å². The van der Waals surface area contributed by atoms with Crippen molar-refractivity contribution in [3.8, 4) is 0 Å². The van der Waals surface area contributed by atoms with Gasteiger partial charge in [-0.2, -0.15) is 4.39 Å². The van der Waals surface area contributed by atoms with Crippen LogP contribution in [-0.4, -0.2) is 26.6 Å². The quantitative estimate of drug-likeness (QED) is 0.224. The van der Waals surface area contributed by atoms with Crippen molar-refractivity contribution in [2.45, 2.75) is 0 Å². The Hall–Kier alpha value is -2.82. The first-order valence-electron chi connectivity index (χ1n) is 7.30. The van der Waals surface area contributed by atoms with Gasteiger partial charge >= 0.3 is 6.04 Å². The summed E-state index contributed by atoms with van der Waals surface area (Å²) in [5.41, 5.74) is -1.27. The van der Waals surface area contributed by atoms with Crippen molar-refractivity contribution in [3.05, 3.63) is 71.8 Å². The van der Waals surface area contributed by atoms with Gasteiger partial charge in [-0.1, -0.05) is 70.1 Å². The number of allylic oxidation sites excluding steroid dienone is 1. The highest BCUT2D eigenvalue weighted by atomic mass is 32.2. The van der Waals surface area contributed by atoms with Crippen LogP contribution in [0.25, 0.3) is 11.1 Å². The van der Waals surface area contributed by atoms with Gasteiger partial charge in [0.2, 0.25) is 0 Å². The van der Waals surface area contributed by atoms with Crippen molar-refractivity contribution in [2.75, 3.05) is 6.01 Å². The van der Waals surface area contributed by atoms with Gasteiger partial charge in [0.05, 0.1) is 11.1 Å². The maximum absolute atomic E-state index is 13.9. The van der Waals surface area contributed by atoms with Crippen LogP contribution in [0.15, 0.2) is 60.7 Å². The lowest BCUT2D eigenvalue weighted by Gasteiger charge is -2.18. The number of amides is 1. The fourth-order valence-electron chi connectivity index (χ4n) is 2.26. The van der Waals surface area contributed by atoms with E-state index in [1.54, 1.807) is 12.1 Å². The first kappa shape index (κ1) is 20.5. The Labute approximate surface area is 154 Å². The fraction of sp³-hybridized carbons (Fsp3) is 0.0588. The Kier molecular flexibility index (Phi) is 7.41. The van der Waals surface area contributed by atoms with Crippen LogP contribution in [0.2, 0.25) is 0 Å². The highest BCUT2D eigenvalue weighted by Crippen LogP contribution is 2.30. The molecule has 1 unspecified atom stereocenters. The zero-order valence-corrected chi connectivity index (χ0v) is 14.3. The van der Waals surface area contributed by atoms with E-state index < -0.39 is 40.1 Å². The summed E-state index contributed by atoms with van der Waals surface area (Å²) in [6, 6.07) is 10.9. The third-order valence-corrected chi connectivity index (χ3v) is 4.11. The summed E-state index contributed by atoms with van der Waals surface area (Å²) in [6.45, 7) is 0. The molecule has 2 aromatic rings. The first-order valence-corrected chi connectivity index (χ1v) is 8.58. The molecule has 0 bridgehead atoms. The van der Waals surface area contributed by atoms with Crippen molar-refractivity contribution in [1.82, 2.24) is 4.47 Å². The summed E-state index contributed by atoms with van der Waals surface area (Å²) < 4.78 is 50.2. The van der Waals surface area contributed by atoms with Crippen molar-refractivity contribution >= 4 is 34.1 Å². The number of alkyl halides is 1. The van der Waals surface area contributed by atoms with Gasteiger partial charge in [0.25, 0.3) is 5.91 Å². The second-order valence-electron chi connectivity index (χ2n) is 4.89. The van der Waals surface area contributed by atoms with Crippen LogP contribution < -0.4 is 0 Å². The summed E-state index contributed by atoms with van der Waals surface area (Å²) >= 11 is 0. The summed E-state index contributed by atoms with van der Waals surface area (Å²) in [4.78, 5) is 28.3. The highest BCUT2D eigenvalue weighted by Gasteiger charge is 2.32. The second kappa shape index (κ2) is 9.76. The van der Waals surface area contributed by atoms with E-state index in [2.05, 4.69) is 10.1 Å². The summed E-state index contributed by atoms with van der Waals surface area (Å²) in [7, 11) is -2.81. The molecule has 0 spiro atoms. The predicted octanol–water partition coefficient (Wildman–Crippen LogP) is 3.26. The van der Waals surface area contributed by atoms with Crippen LogP contribution in [0.1, 0.15) is 11.1 Å². The SMILES string of the molecule is O=C(F)/C(=C(\C(=O)N(OOF)S(=O)CF)c1ccccc1)c1ccccc1. The van der Waals surface area contributed by atoms with E-state index in [1.165, 1.54) is 48.5 Å². The predicted molar refractivity (Wildman–Crippen MR) is 90.1 cm³/mol. The van der Waals surface area contributed by atoms with E-state index in [1.807, 2.05) is 0 Å². The van der Waals surface area contributed by atoms with Crippen LogP contribution in [-0.2, 0) is 30.7 Å². The molecule has 0 saturated carbocycles. The normalized spacial score (nSPS) is 12.9. The van der Waals surface area contributed by atoms with Gasteiger partial charge in [-0.05, 0) is 15.7 Å². The third-order valence-electron chi connectivity index (χ3n) is 3.33. The third kappa shape index (κ3) is 4.88.